The summed E-state index contributed by atoms with van der Waals surface area (Å²) in [6.45, 7) is 3.60. The van der Waals surface area contributed by atoms with Crippen LogP contribution in [0.5, 0.6) is 0 Å². The summed E-state index contributed by atoms with van der Waals surface area (Å²) in [4.78, 5) is 34.0. The lowest BCUT2D eigenvalue weighted by atomic mass is 10.0. The van der Waals surface area contributed by atoms with Crippen LogP contribution in [0.3, 0.4) is 0 Å². The molecule has 0 spiro atoms. The van der Waals surface area contributed by atoms with Crippen LogP contribution in [0, 0.1) is 0 Å². The van der Waals surface area contributed by atoms with Crippen molar-refractivity contribution in [2.75, 3.05) is 26.4 Å². The maximum atomic E-state index is 12.1. The minimum absolute atomic E-state index is 0.0832. The molecule has 0 fully saturated rings. The zero-order valence-electron chi connectivity index (χ0n) is 39.4. The molecule has 0 bridgehead atoms. The van der Waals surface area contributed by atoms with Gasteiger partial charge in [0.2, 0.25) is 5.91 Å². The number of amides is 1. The predicted molar refractivity (Wildman–Crippen MR) is 252 cm³/mol. The Bertz CT molecular complexity index is 995. The van der Waals surface area contributed by atoms with Gasteiger partial charge in [-0.2, -0.15) is 0 Å². The number of aliphatic hydroxyl groups excluding tert-OH is 1. The number of hydrogen-bond donors (Lipinski definition) is 3. The maximum absolute atomic E-state index is 12.1. The highest BCUT2D eigenvalue weighted by Crippen LogP contribution is 2.42. The van der Waals surface area contributed by atoms with E-state index in [-0.39, 0.29) is 32.1 Å². The van der Waals surface area contributed by atoms with Gasteiger partial charge in [0, 0.05) is 19.4 Å². The molecule has 60 heavy (non-hydrogen) atoms. The molecule has 2 unspecified atom stereocenters. The molecule has 0 aliphatic carbocycles. The quantitative estimate of drug-likeness (QED) is 0.0238. The minimum atomic E-state index is -4.42. The Kier molecular flexibility index (Phi) is 46.3. The molecule has 0 aromatic heterocycles. The molecule has 0 rings (SSSR count). The number of carbonyl (C=O) groups excluding carboxylic acids is 2. The van der Waals surface area contributed by atoms with Crippen LogP contribution < -0.4 is 5.32 Å². The number of phosphoric acid groups is 1. The molecule has 0 saturated heterocycles. The smallest absolute Gasteiger partial charge is 0.463 e. The number of hydrogen-bond acceptors (Lipinski definition) is 7. The molecule has 0 aliphatic rings. The van der Waals surface area contributed by atoms with Gasteiger partial charge in [0.05, 0.1) is 13.2 Å². The van der Waals surface area contributed by atoms with Crippen LogP contribution in [-0.4, -0.2) is 54.3 Å². The monoisotopic (exact) mass is 872 g/mol. The van der Waals surface area contributed by atoms with Gasteiger partial charge in [0.15, 0.2) is 0 Å². The number of nitrogens with one attached hydrogen (secondary N) is 1. The van der Waals surface area contributed by atoms with Gasteiger partial charge in [0.1, 0.15) is 12.7 Å². The van der Waals surface area contributed by atoms with Crippen molar-refractivity contribution >= 4 is 19.7 Å². The average molecular weight is 872 g/mol. The zero-order chi connectivity index (χ0) is 43.9. The fourth-order valence-corrected chi connectivity index (χ4v) is 8.31. The summed E-state index contributed by atoms with van der Waals surface area (Å²) in [6, 6.07) is 0. The molecule has 10 heteroatoms. The van der Waals surface area contributed by atoms with Crippen molar-refractivity contribution < 1.29 is 37.9 Å². The molecule has 2 atom stereocenters. The van der Waals surface area contributed by atoms with E-state index >= 15 is 0 Å². The molecule has 0 aromatic carbocycles. The summed E-state index contributed by atoms with van der Waals surface area (Å²) in [5, 5.41) is 12.7. The second-order valence-corrected chi connectivity index (χ2v) is 19.0. The second-order valence-electron chi connectivity index (χ2n) is 17.5. The Morgan fingerprint density at radius 1 is 0.500 bits per heavy atom. The topological polar surface area (TPSA) is 131 Å². The molecule has 0 aliphatic heterocycles. The van der Waals surface area contributed by atoms with Crippen LogP contribution in [-0.2, 0) is 27.9 Å². The Hall–Kier alpha value is -1.25. The third-order valence-electron chi connectivity index (χ3n) is 11.4. The summed E-state index contributed by atoms with van der Waals surface area (Å²) < 4.78 is 27.0. The molecule has 0 aromatic rings. The highest BCUT2D eigenvalue weighted by atomic mass is 31.2. The van der Waals surface area contributed by atoms with Gasteiger partial charge in [-0.05, 0) is 38.5 Å². The largest absolute Gasteiger partial charge is 0.472 e. The first-order valence-corrected chi connectivity index (χ1v) is 27.2. The first kappa shape index (κ1) is 58.8. The number of allylic oxidation sites excluding steroid dienone is 2. The standard InChI is InChI=1S/C50H98NO8P/c1-3-5-7-9-11-13-15-17-19-21-22-23-24-25-27-29-31-33-35-37-39-41-43-50(54)57-46-48(52)47-59-60(55,56)58-45-44-51-49(53)42-40-38-36-34-32-30-28-26-20-18-16-14-12-10-8-6-4-2/h18,20,48,52H,3-17,19,21-47H2,1-2H3,(H,51,53)(H,55,56)/b20-18-. The van der Waals surface area contributed by atoms with Crippen molar-refractivity contribution in [3.05, 3.63) is 12.2 Å². The van der Waals surface area contributed by atoms with Gasteiger partial charge < -0.3 is 20.1 Å². The summed E-state index contributed by atoms with van der Waals surface area (Å²) >= 11 is 0. The predicted octanol–water partition coefficient (Wildman–Crippen LogP) is 15.0. The summed E-state index contributed by atoms with van der Waals surface area (Å²) in [6.07, 6.45) is 51.5. The number of phosphoric ester groups is 1. The first-order chi connectivity index (χ1) is 29.3. The Balaban J connectivity index is 3.52. The van der Waals surface area contributed by atoms with Crippen LogP contribution in [0.25, 0.3) is 0 Å². The number of aliphatic hydroxyl groups is 1. The number of carbonyl (C=O) groups is 2. The molecular weight excluding hydrogens is 774 g/mol. The van der Waals surface area contributed by atoms with E-state index in [0.717, 1.165) is 38.5 Å². The van der Waals surface area contributed by atoms with Crippen molar-refractivity contribution in [1.29, 1.82) is 0 Å². The zero-order valence-corrected chi connectivity index (χ0v) is 40.3. The van der Waals surface area contributed by atoms with Gasteiger partial charge >= 0.3 is 13.8 Å². The van der Waals surface area contributed by atoms with E-state index in [2.05, 4.69) is 31.3 Å². The van der Waals surface area contributed by atoms with Gasteiger partial charge in [-0.3, -0.25) is 18.6 Å². The Morgan fingerprint density at radius 3 is 1.25 bits per heavy atom. The molecular formula is C50H98NO8P. The second kappa shape index (κ2) is 47.2. The first-order valence-electron chi connectivity index (χ1n) is 25.7. The molecule has 3 N–H and O–H groups in total. The number of ether oxygens (including phenoxy) is 1. The van der Waals surface area contributed by atoms with Crippen molar-refractivity contribution in [2.45, 2.75) is 270 Å². The molecule has 1 amide bonds. The third-order valence-corrected chi connectivity index (χ3v) is 12.4. The minimum Gasteiger partial charge on any atom is -0.463 e. The van der Waals surface area contributed by atoms with Crippen molar-refractivity contribution in [1.82, 2.24) is 5.32 Å². The normalized spacial score (nSPS) is 13.2. The fraction of sp³-hybridized carbons (Fsp3) is 0.920. The average Bonchev–Trinajstić information content (AvgIpc) is 3.23. The third kappa shape index (κ3) is 47.8. The fourth-order valence-electron chi connectivity index (χ4n) is 7.55. The van der Waals surface area contributed by atoms with Crippen LogP contribution in [0.2, 0.25) is 0 Å². The van der Waals surface area contributed by atoms with Crippen LogP contribution in [0.1, 0.15) is 264 Å². The number of esters is 1. The number of rotatable bonds is 49. The highest BCUT2D eigenvalue weighted by Gasteiger charge is 2.23. The Morgan fingerprint density at radius 2 is 0.850 bits per heavy atom. The van der Waals surface area contributed by atoms with Crippen molar-refractivity contribution in [2.24, 2.45) is 0 Å². The van der Waals surface area contributed by atoms with E-state index < -0.39 is 26.5 Å². The van der Waals surface area contributed by atoms with Gasteiger partial charge in [-0.1, -0.05) is 225 Å². The van der Waals surface area contributed by atoms with E-state index in [9.17, 15) is 24.2 Å². The SMILES string of the molecule is CCCCCCCC/C=C\CCCCCCCCCC(=O)NCCOP(=O)(O)OCC(O)COC(=O)CCCCCCCCCCCCCCCCCCCCCCCC. The van der Waals surface area contributed by atoms with E-state index in [1.165, 1.54) is 199 Å². The van der Waals surface area contributed by atoms with Gasteiger partial charge in [-0.15, -0.1) is 0 Å². The molecule has 0 saturated carbocycles. The Labute approximate surface area is 370 Å². The maximum Gasteiger partial charge on any atom is 0.472 e. The van der Waals surface area contributed by atoms with E-state index in [0.29, 0.717) is 6.42 Å². The lowest BCUT2D eigenvalue weighted by Gasteiger charge is -2.15. The van der Waals surface area contributed by atoms with E-state index in [1.807, 2.05) is 0 Å². The van der Waals surface area contributed by atoms with Gasteiger partial charge in [0.25, 0.3) is 0 Å². The van der Waals surface area contributed by atoms with Crippen molar-refractivity contribution in [3.8, 4) is 0 Å². The summed E-state index contributed by atoms with van der Waals surface area (Å²) in [5.74, 6) is -0.507. The summed E-state index contributed by atoms with van der Waals surface area (Å²) in [7, 11) is -4.42. The molecule has 356 valence electrons. The van der Waals surface area contributed by atoms with Crippen molar-refractivity contribution in [3.63, 3.8) is 0 Å². The van der Waals surface area contributed by atoms with E-state index in [1.54, 1.807) is 0 Å². The lowest BCUT2D eigenvalue weighted by molar-refractivity contribution is -0.147. The van der Waals surface area contributed by atoms with Gasteiger partial charge in [-0.25, -0.2) is 4.57 Å². The molecule has 0 heterocycles. The molecule has 0 radical (unpaired) electrons. The van der Waals surface area contributed by atoms with Crippen LogP contribution in [0.4, 0.5) is 0 Å². The summed E-state index contributed by atoms with van der Waals surface area (Å²) in [5.41, 5.74) is 0. The van der Waals surface area contributed by atoms with E-state index in [4.69, 9.17) is 13.8 Å². The molecule has 9 nitrogen and oxygen atoms in total. The number of unbranched alkanes of at least 4 members (excludes halogenated alkanes) is 34. The van der Waals surface area contributed by atoms with Crippen LogP contribution in [0.15, 0.2) is 12.2 Å². The lowest BCUT2D eigenvalue weighted by Crippen LogP contribution is -2.27. The highest BCUT2D eigenvalue weighted by molar-refractivity contribution is 7.47. The van der Waals surface area contributed by atoms with Crippen LogP contribution >= 0.6 is 7.82 Å².